The van der Waals surface area contributed by atoms with Gasteiger partial charge in [-0.15, -0.1) is 10.2 Å². The molecule has 0 atom stereocenters. The summed E-state index contributed by atoms with van der Waals surface area (Å²) >= 11 is 0. The van der Waals surface area contributed by atoms with Crippen molar-refractivity contribution in [3.8, 4) is 0 Å². The maximum atomic E-state index is 12.9. The van der Waals surface area contributed by atoms with Gasteiger partial charge in [0.05, 0.1) is 13.5 Å². The third-order valence-electron chi connectivity index (χ3n) is 3.43. The summed E-state index contributed by atoms with van der Waals surface area (Å²) < 4.78 is 43.4. The smallest absolute Gasteiger partial charge is 0.442 e. The molecular weight excluding hydrogens is 287 g/mol. The Bertz CT molecular complexity index is 743. The molecule has 0 fully saturated rings. The van der Waals surface area contributed by atoms with E-state index in [-0.39, 0.29) is 12.0 Å². The van der Waals surface area contributed by atoms with Crippen LogP contribution >= 0.6 is 0 Å². The zero-order chi connectivity index (χ0) is 15.3. The fourth-order valence-electron chi connectivity index (χ4n) is 2.22. The molecule has 2 aromatic rings. The Hall–Kier alpha value is -2.38. The van der Waals surface area contributed by atoms with Crippen LogP contribution in [0.3, 0.4) is 0 Å². The first-order valence-corrected chi connectivity index (χ1v) is 6.05. The summed E-state index contributed by atoms with van der Waals surface area (Å²) in [7, 11) is 1.28. The molecular formula is C13H10F3N3O2. The summed E-state index contributed by atoms with van der Waals surface area (Å²) in [5, 5.41) is 6.99. The lowest BCUT2D eigenvalue weighted by atomic mass is 10.0. The summed E-state index contributed by atoms with van der Waals surface area (Å²) in [6, 6.07) is 4.20. The Kier molecular flexibility index (Phi) is 2.79. The largest absolute Gasteiger partial charge is 0.469 e. The Labute approximate surface area is 116 Å². The molecule has 0 unspecified atom stereocenters. The van der Waals surface area contributed by atoms with Crippen LogP contribution in [0.4, 0.5) is 13.2 Å². The molecule has 5 nitrogen and oxygen atoms in total. The van der Waals surface area contributed by atoms with Gasteiger partial charge in [0.1, 0.15) is 0 Å². The lowest BCUT2D eigenvalue weighted by Gasteiger charge is -2.14. The van der Waals surface area contributed by atoms with Crippen LogP contribution in [0.15, 0.2) is 34.6 Å². The molecule has 1 aromatic carbocycles. The van der Waals surface area contributed by atoms with Crippen molar-refractivity contribution in [1.29, 1.82) is 0 Å². The maximum Gasteiger partial charge on any atom is 0.442 e. The average Bonchev–Trinajstić information content (AvgIpc) is 3.17. The number of carbonyl (C=O) groups is 1. The second-order valence-corrected chi connectivity index (χ2v) is 4.70. The second kappa shape index (κ2) is 4.31. The summed E-state index contributed by atoms with van der Waals surface area (Å²) in [4.78, 5) is 14.1. The minimum Gasteiger partial charge on any atom is -0.469 e. The van der Waals surface area contributed by atoms with E-state index in [1.54, 1.807) is 6.20 Å². The van der Waals surface area contributed by atoms with Crippen molar-refractivity contribution in [2.24, 2.45) is 10.2 Å². The van der Waals surface area contributed by atoms with Gasteiger partial charge in [0.25, 0.3) is 0 Å². The van der Waals surface area contributed by atoms with E-state index in [0.717, 1.165) is 0 Å². The van der Waals surface area contributed by atoms with Gasteiger partial charge in [0.15, 0.2) is 0 Å². The molecule has 2 heterocycles. The fourth-order valence-corrected chi connectivity index (χ4v) is 2.22. The predicted octanol–water partition coefficient (Wildman–Crippen LogP) is 3.06. The lowest BCUT2D eigenvalue weighted by Crippen LogP contribution is -2.30. The summed E-state index contributed by atoms with van der Waals surface area (Å²) in [5.41, 5.74) is -1.33. The van der Waals surface area contributed by atoms with Crippen molar-refractivity contribution in [2.75, 3.05) is 7.11 Å². The minimum atomic E-state index is -4.55. The zero-order valence-electron chi connectivity index (χ0n) is 10.9. The molecule has 0 spiro atoms. The van der Waals surface area contributed by atoms with Gasteiger partial charge in [-0.3, -0.25) is 4.79 Å². The van der Waals surface area contributed by atoms with Crippen molar-refractivity contribution in [3.05, 3.63) is 35.5 Å². The van der Waals surface area contributed by atoms with Crippen LogP contribution in [0.2, 0.25) is 0 Å². The molecule has 8 heteroatoms. The number of halogens is 3. The highest BCUT2D eigenvalue weighted by molar-refractivity contribution is 5.88. The third-order valence-corrected chi connectivity index (χ3v) is 3.43. The van der Waals surface area contributed by atoms with E-state index in [1.807, 2.05) is 0 Å². The fraction of sp³-hybridized carbons (Fsp3) is 0.308. The van der Waals surface area contributed by atoms with E-state index >= 15 is 0 Å². The molecule has 3 rings (SSSR count). The van der Waals surface area contributed by atoms with E-state index in [0.29, 0.717) is 16.5 Å². The van der Waals surface area contributed by atoms with Crippen molar-refractivity contribution in [2.45, 2.75) is 18.3 Å². The Morgan fingerprint density at radius 2 is 2.10 bits per heavy atom. The van der Waals surface area contributed by atoms with Gasteiger partial charge in [0.2, 0.25) is 0 Å². The van der Waals surface area contributed by atoms with Gasteiger partial charge in [-0.25, -0.2) is 0 Å². The molecule has 0 aliphatic carbocycles. The van der Waals surface area contributed by atoms with Crippen molar-refractivity contribution in [1.82, 2.24) is 4.98 Å². The summed E-state index contributed by atoms with van der Waals surface area (Å²) in [5.74, 6) is -0.418. The van der Waals surface area contributed by atoms with E-state index in [9.17, 15) is 18.0 Å². The lowest BCUT2D eigenvalue weighted by molar-refractivity contribution is -0.166. The molecule has 110 valence electrons. The SMILES string of the molecule is COC(=O)Cc1c[nH]c2cc(C3(C(F)(F)F)N=N3)ccc12. The summed E-state index contributed by atoms with van der Waals surface area (Å²) in [6.45, 7) is 0. The number of nitrogens with one attached hydrogen (secondary N) is 1. The number of methoxy groups -OCH3 is 1. The number of nitrogens with zero attached hydrogens (tertiary/aromatic N) is 2. The van der Waals surface area contributed by atoms with Crippen LogP contribution in [-0.4, -0.2) is 24.2 Å². The number of H-pyrrole nitrogens is 1. The molecule has 1 aliphatic heterocycles. The molecule has 21 heavy (non-hydrogen) atoms. The van der Waals surface area contributed by atoms with Gasteiger partial charge in [0, 0.05) is 22.7 Å². The Morgan fingerprint density at radius 1 is 1.38 bits per heavy atom. The summed E-state index contributed by atoms with van der Waals surface area (Å²) in [6.07, 6.45) is -2.93. The number of hydrogen-bond donors (Lipinski definition) is 1. The first kappa shape index (κ1) is 13.6. The van der Waals surface area contributed by atoms with Crippen molar-refractivity contribution < 1.29 is 22.7 Å². The monoisotopic (exact) mass is 297 g/mol. The molecule has 0 saturated heterocycles. The number of aromatic amines is 1. The number of alkyl halides is 3. The Balaban J connectivity index is 1.98. The molecule has 1 N–H and O–H groups in total. The van der Waals surface area contributed by atoms with Crippen LogP contribution in [-0.2, 0) is 21.6 Å². The number of esters is 1. The van der Waals surface area contributed by atoms with Crippen LogP contribution < -0.4 is 0 Å². The average molecular weight is 297 g/mol. The second-order valence-electron chi connectivity index (χ2n) is 4.70. The van der Waals surface area contributed by atoms with Gasteiger partial charge in [-0.05, 0) is 11.6 Å². The molecule has 0 amide bonds. The first-order valence-electron chi connectivity index (χ1n) is 6.05. The normalized spacial score (nSPS) is 16.2. The van der Waals surface area contributed by atoms with Gasteiger partial charge < -0.3 is 9.72 Å². The standard InChI is InChI=1S/C13H10F3N3O2/c1-21-11(20)4-7-6-17-10-5-8(2-3-9(7)10)12(18-19-12)13(14,15)16/h2-3,5-6,17H,4H2,1H3. The molecule has 1 aromatic heterocycles. The maximum absolute atomic E-state index is 12.9. The number of fused-ring (bicyclic) bond motifs is 1. The quantitative estimate of drug-likeness (QED) is 0.885. The molecule has 0 saturated carbocycles. The van der Waals surface area contributed by atoms with E-state index in [4.69, 9.17) is 0 Å². The number of carbonyl (C=O) groups excluding carboxylic acids is 1. The van der Waals surface area contributed by atoms with Crippen LogP contribution in [0.1, 0.15) is 11.1 Å². The number of aromatic nitrogens is 1. The van der Waals surface area contributed by atoms with Crippen LogP contribution in [0.5, 0.6) is 0 Å². The van der Waals surface area contributed by atoms with Crippen LogP contribution in [0.25, 0.3) is 10.9 Å². The van der Waals surface area contributed by atoms with E-state index in [2.05, 4.69) is 19.9 Å². The molecule has 0 radical (unpaired) electrons. The number of ether oxygens (including phenoxy) is 1. The third kappa shape index (κ3) is 2.07. The van der Waals surface area contributed by atoms with E-state index < -0.39 is 17.8 Å². The highest BCUT2D eigenvalue weighted by Crippen LogP contribution is 2.52. The number of benzene rings is 1. The van der Waals surface area contributed by atoms with Gasteiger partial charge in [-0.2, -0.15) is 13.2 Å². The van der Waals surface area contributed by atoms with E-state index in [1.165, 1.54) is 25.3 Å². The molecule has 1 aliphatic rings. The number of rotatable bonds is 3. The first-order chi connectivity index (χ1) is 9.87. The topological polar surface area (TPSA) is 66.8 Å². The highest BCUT2D eigenvalue weighted by atomic mass is 19.4. The van der Waals surface area contributed by atoms with Crippen molar-refractivity contribution >= 4 is 16.9 Å². The minimum absolute atomic E-state index is 0.0473. The highest BCUT2D eigenvalue weighted by Gasteiger charge is 2.65. The zero-order valence-corrected chi connectivity index (χ0v) is 10.9. The van der Waals surface area contributed by atoms with Crippen molar-refractivity contribution in [3.63, 3.8) is 0 Å². The van der Waals surface area contributed by atoms with Gasteiger partial charge in [-0.1, -0.05) is 12.1 Å². The predicted molar refractivity (Wildman–Crippen MR) is 66.6 cm³/mol. The molecule has 0 bridgehead atoms. The number of hydrogen-bond acceptors (Lipinski definition) is 4. The van der Waals surface area contributed by atoms with Gasteiger partial charge >= 0.3 is 17.8 Å². The van der Waals surface area contributed by atoms with Crippen LogP contribution in [0, 0.1) is 0 Å². The Morgan fingerprint density at radius 3 is 2.67 bits per heavy atom.